The third kappa shape index (κ3) is 4.09. The van der Waals surface area contributed by atoms with Crippen molar-refractivity contribution in [1.82, 2.24) is 30.7 Å². The molecule has 0 aliphatic heterocycles. The summed E-state index contributed by atoms with van der Waals surface area (Å²) >= 11 is 2.52. The van der Waals surface area contributed by atoms with E-state index in [0.29, 0.717) is 21.1 Å². The molecule has 3 aromatic rings. The van der Waals surface area contributed by atoms with Crippen LogP contribution in [0, 0.1) is 6.92 Å². The highest BCUT2D eigenvalue weighted by atomic mass is 32.2. The van der Waals surface area contributed by atoms with Gasteiger partial charge in [0.15, 0.2) is 0 Å². The van der Waals surface area contributed by atoms with Crippen LogP contribution in [0.2, 0.25) is 0 Å². The minimum absolute atomic E-state index is 0.148. The first-order valence-electron chi connectivity index (χ1n) is 7.07. The summed E-state index contributed by atoms with van der Waals surface area (Å²) < 4.78 is 0. The molecule has 0 fully saturated rings. The minimum atomic E-state index is -0.386. The zero-order valence-electron chi connectivity index (χ0n) is 12.8. The number of carbonyl (C=O) groups excluding carboxylic acids is 1. The second kappa shape index (κ2) is 7.41. The lowest BCUT2D eigenvalue weighted by molar-refractivity contribution is -0.119. The van der Waals surface area contributed by atoms with Gasteiger partial charge in [0.1, 0.15) is 16.9 Å². The highest BCUT2D eigenvalue weighted by Gasteiger charge is 2.21. The Morgan fingerprint density at radius 1 is 1.38 bits per heavy atom. The summed E-state index contributed by atoms with van der Waals surface area (Å²) in [4.78, 5) is 16.5. The highest BCUT2D eigenvalue weighted by molar-refractivity contribution is 7.99. The van der Waals surface area contributed by atoms with Crippen molar-refractivity contribution in [3.8, 4) is 0 Å². The van der Waals surface area contributed by atoms with Crippen molar-refractivity contribution >= 4 is 34.1 Å². The molecular formula is C14H15N7OS2. The molecule has 0 aliphatic carbocycles. The molecule has 0 unspecified atom stereocenters. The van der Waals surface area contributed by atoms with Crippen molar-refractivity contribution in [2.45, 2.75) is 18.1 Å². The Morgan fingerprint density at radius 3 is 2.79 bits per heavy atom. The Balaban J connectivity index is 1.70. The molecule has 1 atom stereocenters. The largest absolute Gasteiger partial charge is 0.374 e. The number of nitrogens with zero attached hydrogens (tertiary/aromatic N) is 4. The monoisotopic (exact) mass is 361 g/mol. The van der Waals surface area contributed by atoms with Gasteiger partial charge in [0.25, 0.3) is 0 Å². The fraction of sp³-hybridized carbons (Fsp3) is 0.214. The van der Waals surface area contributed by atoms with Crippen molar-refractivity contribution < 1.29 is 4.79 Å². The van der Waals surface area contributed by atoms with Crippen LogP contribution in [0.1, 0.15) is 22.4 Å². The van der Waals surface area contributed by atoms with E-state index < -0.39 is 0 Å². The predicted octanol–water partition coefficient (Wildman–Crippen LogP) is 1.54. The molecule has 0 saturated heterocycles. The summed E-state index contributed by atoms with van der Waals surface area (Å²) in [5.41, 5.74) is 6.59. The normalized spacial score (nSPS) is 12.0. The van der Waals surface area contributed by atoms with Crippen molar-refractivity contribution in [3.05, 3.63) is 46.7 Å². The number of aromatic nitrogens is 5. The van der Waals surface area contributed by atoms with Crippen molar-refractivity contribution in [2.24, 2.45) is 0 Å². The summed E-state index contributed by atoms with van der Waals surface area (Å²) in [6.07, 6.45) is 0. The van der Waals surface area contributed by atoms with E-state index in [1.807, 2.05) is 37.3 Å². The Labute approximate surface area is 146 Å². The Morgan fingerprint density at radius 2 is 2.17 bits per heavy atom. The summed E-state index contributed by atoms with van der Waals surface area (Å²) in [6.45, 7) is 1.81. The van der Waals surface area contributed by atoms with E-state index in [1.54, 1.807) is 0 Å². The molecule has 2 heterocycles. The number of nitrogens with one attached hydrogen (secondary N) is 2. The predicted molar refractivity (Wildman–Crippen MR) is 92.6 cm³/mol. The van der Waals surface area contributed by atoms with Gasteiger partial charge in [-0.15, -0.1) is 15.3 Å². The molecule has 1 aromatic carbocycles. The number of thioether (sulfide) groups is 1. The lowest BCUT2D eigenvalue weighted by atomic mass is 10.1. The molecule has 24 heavy (non-hydrogen) atoms. The van der Waals surface area contributed by atoms with Crippen LogP contribution in [0.15, 0.2) is 35.5 Å². The molecule has 4 N–H and O–H groups in total. The maximum absolute atomic E-state index is 12.3. The fourth-order valence-electron chi connectivity index (χ4n) is 2.02. The second-order valence-corrected chi connectivity index (χ2v) is 6.86. The number of rotatable bonds is 6. The first kappa shape index (κ1) is 16.4. The third-order valence-electron chi connectivity index (χ3n) is 3.05. The number of nitrogens with two attached hydrogens (primary N) is 1. The van der Waals surface area contributed by atoms with Gasteiger partial charge in [-0.25, -0.2) is 4.98 Å². The smallest absolute Gasteiger partial charge is 0.231 e. The molecule has 1 amide bonds. The summed E-state index contributed by atoms with van der Waals surface area (Å²) in [7, 11) is 0. The molecule has 0 radical (unpaired) electrons. The summed E-state index contributed by atoms with van der Waals surface area (Å²) in [5, 5.41) is 19.2. The number of H-pyrrole nitrogens is 1. The average molecular weight is 361 g/mol. The van der Waals surface area contributed by atoms with Crippen LogP contribution >= 0.6 is 23.1 Å². The number of carbonyl (C=O) groups is 1. The Kier molecular flexibility index (Phi) is 5.06. The number of hydrogen-bond acceptors (Lipinski definition) is 8. The minimum Gasteiger partial charge on any atom is -0.374 e. The van der Waals surface area contributed by atoms with Gasteiger partial charge in [0.2, 0.25) is 16.2 Å². The zero-order chi connectivity index (χ0) is 16.9. The van der Waals surface area contributed by atoms with Crippen molar-refractivity contribution in [3.63, 3.8) is 0 Å². The van der Waals surface area contributed by atoms with Gasteiger partial charge >= 0.3 is 0 Å². The molecule has 124 valence electrons. The lowest BCUT2D eigenvalue weighted by Gasteiger charge is -2.16. The van der Waals surface area contributed by atoms with Crippen LogP contribution in [0.25, 0.3) is 0 Å². The molecule has 0 saturated carbocycles. The van der Waals surface area contributed by atoms with Gasteiger partial charge < -0.3 is 11.1 Å². The second-order valence-electron chi connectivity index (χ2n) is 4.88. The molecule has 3 rings (SSSR count). The first-order valence-corrected chi connectivity index (χ1v) is 8.87. The number of anilines is 1. The van der Waals surface area contributed by atoms with Crippen LogP contribution in [-0.2, 0) is 4.79 Å². The van der Waals surface area contributed by atoms with Crippen molar-refractivity contribution in [1.29, 1.82) is 0 Å². The first-order chi connectivity index (χ1) is 11.6. The molecule has 10 heteroatoms. The summed E-state index contributed by atoms with van der Waals surface area (Å²) in [5.74, 6) is 0.768. The SMILES string of the molecule is Cc1nc(SCC(=O)N[C@@H](c2ccccc2)c2nnc(N)s2)n[nH]1. The van der Waals surface area contributed by atoms with Crippen LogP contribution < -0.4 is 11.1 Å². The van der Waals surface area contributed by atoms with Gasteiger partial charge in [0, 0.05) is 0 Å². The van der Waals surface area contributed by atoms with Crippen LogP contribution in [0.3, 0.4) is 0 Å². The number of aromatic amines is 1. The van der Waals surface area contributed by atoms with E-state index in [0.717, 1.165) is 5.56 Å². The molecular weight excluding hydrogens is 346 g/mol. The average Bonchev–Trinajstić information content (AvgIpc) is 3.20. The molecule has 2 aromatic heterocycles. The standard InChI is InChI=1S/C14H15N7OS2/c1-8-16-14(21-18-8)23-7-10(22)17-11(9-5-3-2-4-6-9)12-19-20-13(15)24-12/h2-6,11H,7H2,1H3,(H2,15,20)(H,17,22)(H,16,18,21)/t11-/m0/s1. The number of hydrogen-bond donors (Lipinski definition) is 3. The van der Waals surface area contributed by atoms with Crippen molar-refractivity contribution in [2.75, 3.05) is 11.5 Å². The molecule has 8 nitrogen and oxygen atoms in total. The van der Waals surface area contributed by atoms with E-state index in [9.17, 15) is 4.79 Å². The number of aryl methyl sites for hydroxylation is 1. The van der Waals surface area contributed by atoms with Gasteiger partial charge in [-0.05, 0) is 12.5 Å². The van der Waals surface area contributed by atoms with E-state index in [2.05, 4.69) is 30.7 Å². The molecule has 0 bridgehead atoms. The lowest BCUT2D eigenvalue weighted by Crippen LogP contribution is -2.30. The van der Waals surface area contributed by atoms with Crippen LogP contribution in [0.4, 0.5) is 5.13 Å². The van der Waals surface area contributed by atoms with E-state index >= 15 is 0 Å². The maximum atomic E-state index is 12.3. The van der Waals surface area contributed by atoms with Gasteiger partial charge in [0.05, 0.1) is 5.75 Å². The molecule has 0 spiro atoms. The molecule has 0 aliphatic rings. The number of nitrogen functional groups attached to an aromatic ring is 1. The Bertz CT molecular complexity index is 817. The van der Waals surface area contributed by atoms with Gasteiger partial charge in [-0.3, -0.25) is 9.89 Å². The topological polar surface area (TPSA) is 122 Å². The number of amides is 1. The zero-order valence-corrected chi connectivity index (χ0v) is 14.4. The number of benzene rings is 1. The van der Waals surface area contributed by atoms with Crippen LogP contribution in [-0.4, -0.2) is 37.0 Å². The van der Waals surface area contributed by atoms with Gasteiger partial charge in [-0.1, -0.05) is 53.4 Å². The Hall–Kier alpha value is -2.46. The third-order valence-corrected chi connectivity index (χ3v) is 4.72. The van der Waals surface area contributed by atoms with Gasteiger partial charge in [-0.2, -0.15) is 0 Å². The quantitative estimate of drug-likeness (QED) is 0.569. The van der Waals surface area contributed by atoms with E-state index in [-0.39, 0.29) is 17.7 Å². The van der Waals surface area contributed by atoms with E-state index in [4.69, 9.17) is 5.73 Å². The van der Waals surface area contributed by atoms with E-state index in [1.165, 1.54) is 23.1 Å². The fourth-order valence-corrected chi connectivity index (χ4v) is 3.36. The van der Waals surface area contributed by atoms with Crippen LogP contribution in [0.5, 0.6) is 0 Å². The summed E-state index contributed by atoms with van der Waals surface area (Å²) in [6, 6.07) is 9.19. The maximum Gasteiger partial charge on any atom is 0.231 e. The highest BCUT2D eigenvalue weighted by Crippen LogP contribution is 2.26.